The Bertz CT molecular complexity index is 601. The van der Waals surface area contributed by atoms with Gasteiger partial charge in [-0.05, 0) is 25.0 Å². The molecule has 0 unspecified atom stereocenters. The van der Waals surface area contributed by atoms with Gasteiger partial charge in [-0.1, -0.05) is 18.2 Å². The molecule has 112 valence electrons. The first-order chi connectivity index (χ1) is 10.2. The number of thiazole rings is 1. The lowest BCUT2D eigenvalue weighted by Crippen LogP contribution is -2.08. The van der Waals surface area contributed by atoms with Crippen LogP contribution >= 0.6 is 11.3 Å². The fourth-order valence-corrected chi connectivity index (χ4v) is 2.57. The molecule has 1 aromatic heterocycles. The van der Waals surface area contributed by atoms with E-state index in [-0.39, 0.29) is 18.2 Å². The Balaban J connectivity index is 1.80. The molecule has 2 aromatic rings. The number of halogens is 1. The second-order valence-corrected chi connectivity index (χ2v) is 5.25. The van der Waals surface area contributed by atoms with Gasteiger partial charge in [-0.15, -0.1) is 11.3 Å². The van der Waals surface area contributed by atoms with Crippen molar-refractivity contribution >= 4 is 22.4 Å². The standard InChI is InChI=1S/C15H17FN2O2S/c1-2-20-14(19)9-12-10-21-15(18-12)17-8-7-11-5-3-4-6-13(11)16/h3-6,10H,2,7-9H2,1H3,(H,17,18). The predicted molar refractivity (Wildman–Crippen MR) is 81.0 cm³/mol. The van der Waals surface area contributed by atoms with Crippen LogP contribution in [0.5, 0.6) is 0 Å². The lowest BCUT2D eigenvalue weighted by Gasteiger charge is -2.04. The van der Waals surface area contributed by atoms with Crippen LogP contribution in [-0.4, -0.2) is 24.1 Å². The maximum absolute atomic E-state index is 13.4. The van der Waals surface area contributed by atoms with Gasteiger partial charge in [0.1, 0.15) is 5.82 Å². The first-order valence-corrected chi connectivity index (χ1v) is 7.64. The van der Waals surface area contributed by atoms with Crippen molar-refractivity contribution in [1.82, 2.24) is 4.98 Å². The van der Waals surface area contributed by atoms with E-state index in [1.165, 1.54) is 17.4 Å². The van der Waals surface area contributed by atoms with Crippen molar-refractivity contribution in [2.75, 3.05) is 18.5 Å². The summed E-state index contributed by atoms with van der Waals surface area (Å²) in [7, 11) is 0. The van der Waals surface area contributed by atoms with Crippen molar-refractivity contribution in [3.05, 3.63) is 46.7 Å². The van der Waals surface area contributed by atoms with Gasteiger partial charge in [0.25, 0.3) is 0 Å². The van der Waals surface area contributed by atoms with E-state index in [9.17, 15) is 9.18 Å². The van der Waals surface area contributed by atoms with Crippen molar-refractivity contribution in [1.29, 1.82) is 0 Å². The minimum atomic E-state index is -0.277. The van der Waals surface area contributed by atoms with Crippen LogP contribution < -0.4 is 5.32 Å². The molecule has 0 spiro atoms. The molecule has 2 rings (SSSR count). The van der Waals surface area contributed by atoms with Crippen molar-refractivity contribution < 1.29 is 13.9 Å². The van der Waals surface area contributed by atoms with Crippen LogP contribution in [0.3, 0.4) is 0 Å². The monoisotopic (exact) mass is 308 g/mol. The molecule has 1 N–H and O–H groups in total. The molecule has 0 bridgehead atoms. The molecule has 0 saturated carbocycles. The Morgan fingerprint density at radius 3 is 3.00 bits per heavy atom. The number of carbonyl (C=O) groups excluding carboxylic acids is 1. The molecule has 21 heavy (non-hydrogen) atoms. The Labute approximate surface area is 127 Å². The molecule has 0 aliphatic rings. The maximum atomic E-state index is 13.4. The number of anilines is 1. The Kier molecular flexibility index (Phi) is 5.68. The summed E-state index contributed by atoms with van der Waals surface area (Å²) in [5, 5.41) is 5.68. The van der Waals surface area contributed by atoms with Gasteiger partial charge in [-0.2, -0.15) is 0 Å². The van der Waals surface area contributed by atoms with E-state index in [4.69, 9.17) is 4.74 Å². The summed E-state index contributed by atoms with van der Waals surface area (Å²) in [6.07, 6.45) is 0.763. The zero-order valence-electron chi connectivity index (χ0n) is 11.8. The largest absolute Gasteiger partial charge is 0.466 e. The van der Waals surface area contributed by atoms with Crippen molar-refractivity contribution in [2.45, 2.75) is 19.8 Å². The molecule has 0 saturated heterocycles. The summed E-state index contributed by atoms with van der Waals surface area (Å²) in [6.45, 7) is 2.73. The van der Waals surface area contributed by atoms with Crippen molar-refractivity contribution in [3.63, 3.8) is 0 Å². The molecule has 0 aliphatic carbocycles. The van der Waals surface area contributed by atoms with E-state index < -0.39 is 0 Å². The number of benzene rings is 1. The molecule has 4 nitrogen and oxygen atoms in total. The molecule has 6 heteroatoms. The van der Waals surface area contributed by atoms with E-state index in [1.807, 2.05) is 11.4 Å². The number of rotatable bonds is 7. The fourth-order valence-electron chi connectivity index (χ4n) is 1.83. The molecular weight excluding hydrogens is 291 g/mol. The van der Waals surface area contributed by atoms with Gasteiger partial charge in [0.2, 0.25) is 0 Å². The summed E-state index contributed by atoms with van der Waals surface area (Å²) in [5.74, 6) is -0.470. The number of ether oxygens (including phenoxy) is 1. The summed E-state index contributed by atoms with van der Waals surface area (Å²) in [4.78, 5) is 15.6. The lowest BCUT2D eigenvalue weighted by molar-refractivity contribution is -0.142. The highest BCUT2D eigenvalue weighted by Crippen LogP contribution is 2.16. The Hall–Kier alpha value is -1.95. The van der Waals surface area contributed by atoms with Crippen molar-refractivity contribution in [2.24, 2.45) is 0 Å². The maximum Gasteiger partial charge on any atom is 0.311 e. The van der Waals surface area contributed by atoms with Crippen LogP contribution in [0, 0.1) is 5.82 Å². The van der Waals surface area contributed by atoms with Crippen LogP contribution in [0.1, 0.15) is 18.2 Å². The van der Waals surface area contributed by atoms with E-state index >= 15 is 0 Å². The lowest BCUT2D eigenvalue weighted by atomic mass is 10.1. The Morgan fingerprint density at radius 1 is 1.43 bits per heavy atom. The van der Waals surface area contributed by atoms with Gasteiger partial charge in [0.05, 0.1) is 18.7 Å². The third-order valence-electron chi connectivity index (χ3n) is 2.81. The SMILES string of the molecule is CCOC(=O)Cc1csc(NCCc2ccccc2F)n1. The molecule has 0 amide bonds. The van der Waals surface area contributed by atoms with Gasteiger partial charge in [0.15, 0.2) is 5.13 Å². The van der Waals surface area contributed by atoms with E-state index in [0.717, 1.165) is 5.13 Å². The third-order valence-corrected chi connectivity index (χ3v) is 3.66. The summed E-state index contributed by atoms with van der Waals surface area (Å²) in [6, 6.07) is 6.72. The molecule has 0 aliphatic heterocycles. The fraction of sp³-hybridized carbons (Fsp3) is 0.333. The quantitative estimate of drug-likeness (QED) is 0.799. The highest BCUT2D eigenvalue weighted by Gasteiger charge is 2.08. The minimum absolute atomic E-state index is 0.180. The number of hydrogen-bond donors (Lipinski definition) is 1. The molecule has 0 atom stereocenters. The van der Waals surface area contributed by atoms with Gasteiger partial charge in [0, 0.05) is 11.9 Å². The topological polar surface area (TPSA) is 51.2 Å². The minimum Gasteiger partial charge on any atom is -0.466 e. The summed E-state index contributed by atoms with van der Waals surface area (Å²) < 4.78 is 18.3. The highest BCUT2D eigenvalue weighted by atomic mass is 32.1. The number of nitrogens with one attached hydrogen (secondary N) is 1. The highest BCUT2D eigenvalue weighted by molar-refractivity contribution is 7.13. The molecular formula is C15H17FN2O2S. The second-order valence-electron chi connectivity index (χ2n) is 4.39. The van der Waals surface area contributed by atoms with Gasteiger partial charge >= 0.3 is 5.97 Å². The number of aromatic nitrogens is 1. The normalized spacial score (nSPS) is 10.4. The van der Waals surface area contributed by atoms with Gasteiger partial charge in [-0.3, -0.25) is 4.79 Å². The van der Waals surface area contributed by atoms with E-state index in [1.54, 1.807) is 19.1 Å². The zero-order valence-corrected chi connectivity index (χ0v) is 12.6. The average molecular weight is 308 g/mol. The Morgan fingerprint density at radius 2 is 2.24 bits per heavy atom. The smallest absolute Gasteiger partial charge is 0.311 e. The van der Waals surface area contributed by atoms with Crippen LogP contribution in [0.25, 0.3) is 0 Å². The average Bonchev–Trinajstić information content (AvgIpc) is 2.88. The molecule has 1 heterocycles. The number of esters is 1. The second kappa shape index (κ2) is 7.73. The number of nitrogens with zero attached hydrogens (tertiary/aromatic N) is 1. The van der Waals surface area contributed by atoms with Gasteiger partial charge in [-0.25, -0.2) is 9.37 Å². The van der Waals surface area contributed by atoms with Crippen LogP contribution in [-0.2, 0) is 22.4 Å². The van der Waals surface area contributed by atoms with Crippen LogP contribution in [0.2, 0.25) is 0 Å². The summed E-state index contributed by atoms with van der Waals surface area (Å²) in [5.41, 5.74) is 1.36. The van der Waals surface area contributed by atoms with Crippen molar-refractivity contribution in [3.8, 4) is 0 Å². The number of hydrogen-bond acceptors (Lipinski definition) is 5. The third kappa shape index (κ3) is 4.82. The first kappa shape index (κ1) is 15.4. The van der Waals surface area contributed by atoms with Crippen LogP contribution in [0.4, 0.5) is 9.52 Å². The first-order valence-electron chi connectivity index (χ1n) is 6.76. The molecule has 0 radical (unpaired) electrons. The number of carbonyl (C=O) groups is 1. The van der Waals surface area contributed by atoms with E-state index in [2.05, 4.69) is 10.3 Å². The van der Waals surface area contributed by atoms with E-state index in [0.29, 0.717) is 30.8 Å². The zero-order chi connectivity index (χ0) is 15.1. The predicted octanol–water partition coefficient (Wildman–Crippen LogP) is 3.04. The van der Waals surface area contributed by atoms with Crippen LogP contribution in [0.15, 0.2) is 29.6 Å². The molecule has 0 fully saturated rings. The molecule has 1 aromatic carbocycles. The van der Waals surface area contributed by atoms with Gasteiger partial charge < -0.3 is 10.1 Å². The summed E-state index contributed by atoms with van der Waals surface area (Å²) >= 11 is 1.43.